The molecule has 0 radical (unpaired) electrons. The maximum Gasteiger partial charge on any atom is 0.170 e. The monoisotopic (exact) mass is 218 g/mol. The largest absolute Gasteiger partial charge is 0.366 e. The van der Waals surface area contributed by atoms with Crippen LogP contribution in [0.3, 0.4) is 0 Å². The molecule has 0 fully saturated rings. The highest BCUT2D eigenvalue weighted by Gasteiger charge is 1.99. The van der Waals surface area contributed by atoms with Crippen LogP contribution in [0.25, 0.3) is 0 Å². The van der Waals surface area contributed by atoms with Crippen LogP contribution in [0.1, 0.15) is 0 Å². The summed E-state index contributed by atoms with van der Waals surface area (Å²) in [5.41, 5.74) is 0.532. The first-order valence-corrected chi connectivity index (χ1v) is 4.35. The van der Waals surface area contributed by atoms with Gasteiger partial charge in [-0.1, -0.05) is 11.6 Å². The van der Waals surface area contributed by atoms with E-state index in [0.717, 1.165) is 0 Å². The number of thiocarbonyl (C=S) groups is 1. The number of halogens is 2. The summed E-state index contributed by atoms with van der Waals surface area (Å²) >= 11 is 10.5. The highest BCUT2D eigenvalue weighted by Crippen LogP contribution is 2.17. The fourth-order valence-electron chi connectivity index (χ4n) is 0.820. The Hall–Kier alpha value is -0.870. The summed E-state index contributed by atoms with van der Waals surface area (Å²) in [4.78, 5) is 0. The highest BCUT2D eigenvalue weighted by atomic mass is 35.5. The number of anilines is 1. The van der Waals surface area contributed by atoms with Gasteiger partial charge in [-0.25, -0.2) is 4.39 Å². The molecule has 70 valence electrons. The molecule has 0 atom stereocenters. The van der Waals surface area contributed by atoms with Gasteiger partial charge in [0.05, 0.1) is 0 Å². The zero-order valence-corrected chi connectivity index (χ0v) is 8.47. The van der Waals surface area contributed by atoms with Crippen molar-refractivity contribution in [3.05, 3.63) is 29.0 Å². The predicted molar refractivity (Wildman–Crippen MR) is 56.7 cm³/mol. The SMILES string of the molecule is CNC(=S)Nc1cc(F)cc(Cl)c1. The Morgan fingerprint density at radius 1 is 1.46 bits per heavy atom. The molecule has 2 N–H and O–H groups in total. The first-order valence-electron chi connectivity index (χ1n) is 3.56. The van der Waals surface area contributed by atoms with Crippen molar-refractivity contribution in [2.24, 2.45) is 0 Å². The molecule has 0 aromatic heterocycles. The predicted octanol–water partition coefficient (Wildman–Crippen LogP) is 2.40. The van der Waals surface area contributed by atoms with E-state index in [4.69, 9.17) is 23.8 Å². The Bertz CT molecular complexity index is 310. The molecule has 0 heterocycles. The van der Waals surface area contributed by atoms with E-state index < -0.39 is 5.82 Å². The van der Waals surface area contributed by atoms with Crippen molar-refractivity contribution in [1.29, 1.82) is 0 Å². The van der Waals surface area contributed by atoms with Gasteiger partial charge in [0.15, 0.2) is 5.11 Å². The summed E-state index contributed by atoms with van der Waals surface area (Å²) in [6.07, 6.45) is 0. The van der Waals surface area contributed by atoms with Crippen LogP contribution in [0, 0.1) is 5.82 Å². The van der Waals surface area contributed by atoms with E-state index in [1.165, 1.54) is 12.1 Å². The first-order chi connectivity index (χ1) is 6.11. The van der Waals surface area contributed by atoms with Gasteiger partial charge in [0.1, 0.15) is 5.82 Å². The molecule has 0 aliphatic heterocycles. The fourth-order valence-corrected chi connectivity index (χ4v) is 1.16. The Kier molecular flexibility index (Phi) is 3.45. The number of hydrogen-bond acceptors (Lipinski definition) is 1. The minimum absolute atomic E-state index is 0.335. The quantitative estimate of drug-likeness (QED) is 0.708. The highest BCUT2D eigenvalue weighted by molar-refractivity contribution is 7.80. The van der Waals surface area contributed by atoms with E-state index in [2.05, 4.69) is 10.6 Å². The van der Waals surface area contributed by atoms with Gasteiger partial charge in [-0.15, -0.1) is 0 Å². The smallest absolute Gasteiger partial charge is 0.170 e. The van der Waals surface area contributed by atoms with Crippen molar-refractivity contribution < 1.29 is 4.39 Å². The average molecular weight is 219 g/mol. The van der Waals surface area contributed by atoms with Crippen molar-refractivity contribution in [3.63, 3.8) is 0 Å². The van der Waals surface area contributed by atoms with Gasteiger partial charge in [0.25, 0.3) is 0 Å². The number of rotatable bonds is 1. The summed E-state index contributed by atoms with van der Waals surface area (Å²) in [5.74, 6) is -0.395. The second kappa shape index (κ2) is 4.39. The minimum atomic E-state index is -0.395. The molecule has 1 aromatic rings. The van der Waals surface area contributed by atoms with E-state index in [0.29, 0.717) is 15.8 Å². The lowest BCUT2D eigenvalue weighted by atomic mass is 10.3. The summed E-state index contributed by atoms with van der Waals surface area (Å²) in [6.45, 7) is 0. The van der Waals surface area contributed by atoms with Crippen LogP contribution >= 0.6 is 23.8 Å². The maximum atomic E-state index is 12.8. The Morgan fingerprint density at radius 2 is 2.15 bits per heavy atom. The summed E-state index contributed by atoms with van der Waals surface area (Å²) in [7, 11) is 1.68. The van der Waals surface area contributed by atoms with Crippen LogP contribution in [0.2, 0.25) is 5.02 Å². The minimum Gasteiger partial charge on any atom is -0.366 e. The van der Waals surface area contributed by atoms with Crippen LogP contribution in [0.5, 0.6) is 0 Å². The van der Waals surface area contributed by atoms with E-state index in [-0.39, 0.29) is 0 Å². The topological polar surface area (TPSA) is 24.1 Å². The second-order valence-corrected chi connectivity index (χ2v) is 3.21. The molecule has 0 saturated carbocycles. The van der Waals surface area contributed by atoms with Crippen molar-refractivity contribution in [3.8, 4) is 0 Å². The molecule has 0 spiro atoms. The molecule has 0 aliphatic carbocycles. The molecule has 1 rings (SSSR count). The van der Waals surface area contributed by atoms with E-state index in [1.807, 2.05) is 0 Å². The van der Waals surface area contributed by atoms with Crippen LogP contribution in [0.4, 0.5) is 10.1 Å². The Labute approximate surface area is 86.1 Å². The first kappa shape index (κ1) is 10.2. The van der Waals surface area contributed by atoms with Crippen LogP contribution in [-0.4, -0.2) is 12.2 Å². The molecule has 5 heteroatoms. The molecule has 0 aliphatic rings. The maximum absolute atomic E-state index is 12.8. The van der Waals surface area contributed by atoms with Gasteiger partial charge in [-0.2, -0.15) is 0 Å². The molecule has 0 amide bonds. The average Bonchev–Trinajstić information content (AvgIpc) is 2.02. The number of benzene rings is 1. The van der Waals surface area contributed by atoms with Gasteiger partial charge in [-0.05, 0) is 30.4 Å². The lowest BCUT2D eigenvalue weighted by molar-refractivity contribution is 0.628. The third-order valence-corrected chi connectivity index (χ3v) is 1.87. The van der Waals surface area contributed by atoms with Gasteiger partial charge in [-0.3, -0.25) is 0 Å². The molecule has 1 aromatic carbocycles. The number of hydrogen-bond donors (Lipinski definition) is 2. The van der Waals surface area contributed by atoms with Crippen molar-refractivity contribution in [2.45, 2.75) is 0 Å². The van der Waals surface area contributed by atoms with Gasteiger partial charge >= 0.3 is 0 Å². The Balaban J connectivity index is 2.83. The lowest BCUT2D eigenvalue weighted by Gasteiger charge is -2.06. The van der Waals surface area contributed by atoms with Crippen LogP contribution in [-0.2, 0) is 0 Å². The lowest BCUT2D eigenvalue weighted by Crippen LogP contribution is -2.24. The molecule has 0 bridgehead atoms. The summed E-state index contributed by atoms with van der Waals surface area (Å²) in [6, 6.07) is 4.14. The Morgan fingerprint density at radius 3 is 2.69 bits per heavy atom. The third-order valence-electron chi connectivity index (χ3n) is 1.35. The normalized spacial score (nSPS) is 9.46. The van der Waals surface area contributed by atoms with Gasteiger partial charge < -0.3 is 10.6 Å². The molecule has 0 unspecified atom stereocenters. The van der Waals surface area contributed by atoms with Crippen molar-refractivity contribution in [2.75, 3.05) is 12.4 Å². The zero-order chi connectivity index (χ0) is 9.84. The van der Waals surface area contributed by atoms with Gasteiger partial charge in [0.2, 0.25) is 0 Å². The third kappa shape index (κ3) is 3.16. The van der Waals surface area contributed by atoms with E-state index >= 15 is 0 Å². The number of nitrogens with one attached hydrogen (secondary N) is 2. The molecule has 13 heavy (non-hydrogen) atoms. The molecular formula is C8H8ClFN2S. The van der Waals surface area contributed by atoms with Crippen LogP contribution in [0.15, 0.2) is 18.2 Å². The van der Waals surface area contributed by atoms with Gasteiger partial charge in [0, 0.05) is 17.8 Å². The van der Waals surface area contributed by atoms with Crippen molar-refractivity contribution in [1.82, 2.24) is 5.32 Å². The second-order valence-electron chi connectivity index (χ2n) is 2.36. The molecule has 0 saturated heterocycles. The summed E-state index contributed by atoms with van der Waals surface area (Å²) < 4.78 is 12.8. The zero-order valence-electron chi connectivity index (χ0n) is 6.90. The van der Waals surface area contributed by atoms with Crippen molar-refractivity contribution >= 4 is 34.6 Å². The van der Waals surface area contributed by atoms with E-state index in [9.17, 15) is 4.39 Å². The fraction of sp³-hybridized carbons (Fsp3) is 0.125. The molecule has 2 nitrogen and oxygen atoms in total. The molecular weight excluding hydrogens is 211 g/mol. The van der Waals surface area contributed by atoms with E-state index in [1.54, 1.807) is 13.1 Å². The standard InChI is InChI=1S/C8H8ClFN2S/c1-11-8(13)12-7-3-5(9)2-6(10)4-7/h2-4H,1H3,(H2,11,12,13). The van der Waals surface area contributed by atoms with Crippen LogP contribution < -0.4 is 10.6 Å². The summed E-state index contributed by atoms with van der Waals surface area (Å²) in [5, 5.41) is 6.23.